The van der Waals surface area contributed by atoms with Gasteiger partial charge >= 0.3 is 0 Å². The molecule has 0 N–H and O–H groups in total. The maximum Gasteiger partial charge on any atom is 0.144 e. The largest absolute Gasteiger partial charge is 0.497 e. The van der Waals surface area contributed by atoms with E-state index in [0.29, 0.717) is 18.1 Å². The van der Waals surface area contributed by atoms with Gasteiger partial charge in [-0.25, -0.2) is 0 Å². The van der Waals surface area contributed by atoms with E-state index in [-0.39, 0.29) is 17.9 Å². The van der Waals surface area contributed by atoms with Gasteiger partial charge in [0.15, 0.2) is 0 Å². The highest BCUT2D eigenvalue weighted by atomic mass is 16.5. The van der Waals surface area contributed by atoms with E-state index in [9.17, 15) is 4.79 Å². The first-order chi connectivity index (χ1) is 8.84. The third-order valence-electron chi connectivity index (χ3n) is 4.39. The summed E-state index contributed by atoms with van der Waals surface area (Å²) in [4.78, 5) is 12.4. The monoisotopic (exact) mass is 238 g/mol. The van der Waals surface area contributed by atoms with Crippen molar-refractivity contribution in [1.29, 1.82) is 0 Å². The van der Waals surface area contributed by atoms with Crippen LogP contribution in [0.2, 0.25) is 0 Å². The van der Waals surface area contributed by atoms with Crippen molar-refractivity contribution in [3.05, 3.63) is 53.8 Å². The van der Waals surface area contributed by atoms with Crippen LogP contribution in [0.1, 0.15) is 23.5 Å². The fourth-order valence-corrected chi connectivity index (χ4v) is 3.55. The fourth-order valence-electron chi connectivity index (χ4n) is 3.55. The Morgan fingerprint density at radius 2 is 2.00 bits per heavy atom. The maximum atomic E-state index is 12.4. The number of ether oxygens (including phenoxy) is 1. The van der Waals surface area contributed by atoms with E-state index >= 15 is 0 Å². The summed E-state index contributed by atoms with van der Waals surface area (Å²) in [6.45, 7) is 0. The number of benzene rings is 1. The molecule has 0 bridgehead atoms. The van der Waals surface area contributed by atoms with Crippen LogP contribution in [0.15, 0.2) is 42.7 Å². The summed E-state index contributed by atoms with van der Waals surface area (Å²) >= 11 is 0. The Bertz CT molecular complexity index is 570. The Labute approximate surface area is 106 Å². The zero-order valence-corrected chi connectivity index (χ0v) is 9.95. The Morgan fingerprint density at radius 1 is 1.11 bits per heavy atom. The first-order valence-corrected chi connectivity index (χ1v) is 6.46. The predicted octanol–water partition coefficient (Wildman–Crippen LogP) is 2.91. The lowest BCUT2D eigenvalue weighted by Gasteiger charge is -2.38. The molecule has 1 saturated carbocycles. The first kappa shape index (κ1) is 10.1. The molecule has 1 aliphatic heterocycles. The summed E-state index contributed by atoms with van der Waals surface area (Å²) < 4.78 is 5.53. The molecule has 4 rings (SSSR count). The highest BCUT2D eigenvalue weighted by molar-refractivity contribution is 5.90. The molecular weight excluding hydrogens is 224 g/mol. The van der Waals surface area contributed by atoms with Gasteiger partial charge in [-0.2, -0.15) is 0 Å². The third-order valence-corrected chi connectivity index (χ3v) is 4.39. The van der Waals surface area contributed by atoms with E-state index in [1.54, 1.807) is 6.26 Å². The molecular formula is C16H14O2. The number of allylic oxidation sites excluding steroid dienone is 1. The highest BCUT2D eigenvalue weighted by Crippen LogP contribution is 2.47. The number of carbonyl (C=O) groups excluding carboxylic acids is 1. The second kappa shape index (κ2) is 3.58. The standard InChI is InChI=1S/C16H14O2/c17-14-9-15-12(7-8-18-15)13-6-5-10-3-1-2-4-11(10)16(13)14/h1-8,12-13,15-16H,9H2/t12-,13+,15+,16-/m1/s1. The molecule has 18 heavy (non-hydrogen) atoms. The summed E-state index contributed by atoms with van der Waals surface area (Å²) in [6, 6.07) is 8.23. The van der Waals surface area contributed by atoms with Crippen LogP contribution in [0.25, 0.3) is 6.08 Å². The van der Waals surface area contributed by atoms with Crippen LogP contribution >= 0.6 is 0 Å². The summed E-state index contributed by atoms with van der Waals surface area (Å²) in [5, 5.41) is 0. The van der Waals surface area contributed by atoms with Crippen molar-refractivity contribution in [2.24, 2.45) is 11.8 Å². The molecule has 0 unspecified atom stereocenters. The number of hydrogen-bond acceptors (Lipinski definition) is 2. The minimum Gasteiger partial charge on any atom is -0.497 e. The Morgan fingerprint density at radius 3 is 2.94 bits per heavy atom. The van der Waals surface area contributed by atoms with E-state index in [1.807, 2.05) is 12.1 Å². The Kier molecular flexibility index (Phi) is 2.01. The molecule has 4 atom stereocenters. The first-order valence-electron chi connectivity index (χ1n) is 6.46. The number of hydrogen-bond donors (Lipinski definition) is 0. The summed E-state index contributed by atoms with van der Waals surface area (Å²) in [5.74, 6) is 0.975. The second-order valence-corrected chi connectivity index (χ2v) is 5.29. The van der Waals surface area contributed by atoms with E-state index in [2.05, 4.69) is 30.4 Å². The molecule has 0 radical (unpaired) electrons. The van der Waals surface area contributed by atoms with Gasteiger partial charge in [-0.1, -0.05) is 36.4 Å². The molecule has 0 aromatic heterocycles. The van der Waals surface area contributed by atoms with Crippen LogP contribution in [0.5, 0.6) is 0 Å². The van der Waals surface area contributed by atoms with Gasteiger partial charge in [-0.15, -0.1) is 0 Å². The summed E-state index contributed by atoms with van der Waals surface area (Å²) in [7, 11) is 0. The zero-order chi connectivity index (χ0) is 12.1. The van der Waals surface area contributed by atoms with Crippen molar-refractivity contribution < 1.29 is 9.53 Å². The van der Waals surface area contributed by atoms with Gasteiger partial charge in [-0.3, -0.25) is 4.79 Å². The van der Waals surface area contributed by atoms with Crippen LogP contribution in [-0.2, 0) is 9.53 Å². The van der Waals surface area contributed by atoms with E-state index in [4.69, 9.17) is 4.74 Å². The van der Waals surface area contributed by atoms with Gasteiger partial charge in [0.05, 0.1) is 12.2 Å². The van der Waals surface area contributed by atoms with E-state index in [1.165, 1.54) is 11.1 Å². The van der Waals surface area contributed by atoms with Gasteiger partial charge < -0.3 is 4.74 Å². The maximum absolute atomic E-state index is 12.4. The number of ketones is 1. The van der Waals surface area contributed by atoms with E-state index in [0.717, 1.165) is 0 Å². The molecule has 2 heteroatoms. The summed E-state index contributed by atoms with van der Waals surface area (Å²) in [5.41, 5.74) is 2.38. The lowest BCUT2D eigenvalue weighted by Crippen LogP contribution is -2.40. The van der Waals surface area contributed by atoms with Gasteiger partial charge in [0.1, 0.15) is 11.9 Å². The molecule has 0 saturated heterocycles. The molecule has 0 spiro atoms. The van der Waals surface area contributed by atoms with Crippen LogP contribution < -0.4 is 0 Å². The van der Waals surface area contributed by atoms with Crippen LogP contribution in [0, 0.1) is 11.8 Å². The normalized spacial score (nSPS) is 35.7. The van der Waals surface area contributed by atoms with Crippen molar-refractivity contribution >= 4 is 11.9 Å². The topological polar surface area (TPSA) is 26.3 Å². The summed E-state index contributed by atoms with van der Waals surface area (Å²) in [6.07, 6.45) is 8.83. The molecule has 2 nitrogen and oxygen atoms in total. The SMILES string of the molecule is O=C1C[C@@H]2OC=C[C@@H]2[C@@H]2C=Cc3ccccc3[C@@H]12. The average Bonchev–Trinajstić information content (AvgIpc) is 2.86. The van der Waals surface area contributed by atoms with Gasteiger partial charge in [0.25, 0.3) is 0 Å². The minimum absolute atomic E-state index is 0.0267. The smallest absolute Gasteiger partial charge is 0.144 e. The molecule has 3 aliphatic rings. The van der Waals surface area contributed by atoms with E-state index < -0.39 is 0 Å². The second-order valence-electron chi connectivity index (χ2n) is 5.29. The number of carbonyl (C=O) groups is 1. The lowest BCUT2D eigenvalue weighted by molar-refractivity contribution is -0.127. The van der Waals surface area contributed by atoms with Crippen LogP contribution in [-0.4, -0.2) is 11.9 Å². The zero-order valence-electron chi connectivity index (χ0n) is 9.95. The number of rotatable bonds is 0. The number of Topliss-reactive ketones (excluding diaryl/α,β-unsaturated/α-hetero) is 1. The Hall–Kier alpha value is -1.83. The van der Waals surface area contributed by atoms with Crippen molar-refractivity contribution in [2.75, 3.05) is 0 Å². The van der Waals surface area contributed by atoms with Gasteiger partial charge in [-0.05, 0) is 17.2 Å². The minimum atomic E-state index is 0.0267. The Balaban J connectivity index is 1.84. The predicted molar refractivity (Wildman–Crippen MR) is 68.8 cm³/mol. The van der Waals surface area contributed by atoms with Crippen molar-refractivity contribution in [3.8, 4) is 0 Å². The van der Waals surface area contributed by atoms with Gasteiger partial charge in [0, 0.05) is 18.3 Å². The van der Waals surface area contributed by atoms with Crippen LogP contribution in [0.3, 0.4) is 0 Å². The quantitative estimate of drug-likeness (QED) is 0.694. The third kappa shape index (κ3) is 1.26. The van der Waals surface area contributed by atoms with Crippen molar-refractivity contribution in [1.82, 2.24) is 0 Å². The lowest BCUT2D eigenvalue weighted by atomic mass is 9.65. The molecule has 1 aromatic rings. The fraction of sp³-hybridized carbons (Fsp3) is 0.312. The highest BCUT2D eigenvalue weighted by Gasteiger charge is 2.46. The molecule has 1 heterocycles. The molecule has 2 aliphatic carbocycles. The molecule has 1 fully saturated rings. The number of fused-ring (bicyclic) bond motifs is 5. The molecule has 1 aromatic carbocycles. The van der Waals surface area contributed by atoms with Crippen molar-refractivity contribution in [2.45, 2.75) is 18.4 Å². The molecule has 90 valence electrons. The van der Waals surface area contributed by atoms with Gasteiger partial charge in [0.2, 0.25) is 0 Å². The average molecular weight is 238 g/mol. The molecule has 0 amide bonds. The van der Waals surface area contributed by atoms with Crippen LogP contribution in [0.4, 0.5) is 0 Å². The van der Waals surface area contributed by atoms with Crippen molar-refractivity contribution in [3.63, 3.8) is 0 Å².